The Morgan fingerprint density at radius 2 is 1.50 bits per heavy atom. The number of rotatable bonds is 9. The largest absolute Gasteiger partial charge is 0.380 e. The summed E-state index contributed by atoms with van der Waals surface area (Å²) in [5.74, 6) is 1.91. The molecule has 0 atom stereocenters. The zero-order chi connectivity index (χ0) is 16.8. The van der Waals surface area contributed by atoms with E-state index in [-0.39, 0.29) is 22.6 Å². The Labute approximate surface area is 132 Å². The molecule has 2 amide bonds. The first kappa shape index (κ1) is 18.4. The third kappa shape index (κ3) is 6.00. The van der Waals surface area contributed by atoms with Crippen LogP contribution in [0.15, 0.2) is 12.2 Å². The van der Waals surface area contributed by atoms with Gasteiger partial charge >= 0.3 is 0 Å². The van der Waals surface area contributed by atoms with E-state index in [1.807, 2.05) is 27.7 Å². The minimum atomic E-state index is -0.312. The van der Waals surface area contributed by atoms with Crippen LogP contribution in [0.4, 0.5) is 0 Å². The molecule has 0 saturated heterocycles. The average molecular weight is 307 g/mol. The molecule has 0 aromatic heterocycles. The van der Waals surface area contributed by atoms with E-state index in [0.717, 1.165) is 0 Å². The predicted octanol–water partition coefficient (Wildman–Crippen LogP) is 1.63. The zero-order valence-electron chi connectivity index (χ0n) is 13.8. The number of carbonyl (C=O) groups is 2. The molecule has 0 aromatic carbocycles. The molecule has 0 spiro atoms. The predicted molar refractivity (Wildman–Crippen MR) is 83.9 cm³/mol. The van der Waals surface area contributed by atoms with Crippen molar-refractivity contribution >= 4 is 11.8 Å². The van der Waals surface area contributed by atoms with E-state index in [0.29, 0.717) is 33.0 Å². The zero-order valence-corrected chi connectivity index (χ0v) is 13.8. The van der Waals surface area contributed by atoms with Crippen molar-refractivity contribution in [2.75, 3.05) is 33.0 Å². The third-order valence-corrected chi connectivity index (χ3v) is 3.15. The molecular weight excluding hydrogens is 282 g/mol. The molecule has 122 valence electrons. The van der Waals surface area contributed by atoms with Crippen LogP contribution in [0.3, 0.4) is 0 Å². The monoisotopic (exact) mass is 307 g/mol. The Morgan fingerprint density at radius 3 is 2.05 bits per heavy atom. The first-order chi connectivity index (χ1) is 10.2. The number of ether oxygens (including phenoxy) is 2. The quantitative estimate of drug-likeness (QED) is 0.369. The van der Waals surface area contributed by atoms with Crippen LogP contribution in [-0.2, 0) is 19.1 Å². The summed E-state index contributed by atoms with van der Waals surface area (Å²) in [7, 11) is 0. The lowest BCUT2D eigenvalue weighted by atomic mass is 9.93. The topological polar surface area (TPSA) is 55.8 Å². The van der Waals surface area contributed by atoms with Gasteiger partial charge in [-0.25, -0.2) is 0 Å². The van der Waals surface area contributed by atoms with Crippen molar-refractivity contribution in [3.8, 4) is 12.3 Å². The van der Waals surface area contributed by atoms with Gasteiger partial charge in [-0.1, -0.05) is 33.6 Å². The lowest BCUT2D eigenvalue weighted by Crippen LogP contribution is -2.41. The van der Waals surface area contributed by atoms with Crippen molar-refractivity contribution in [2.24, 2.45) is 10.8 Å². The van der Waals surface area contributed by atoms with Crippen molar-refractivity contribution in [1.82, 2.24) is 4.90 Å². The summed E-state index contributed by atoms with van der Waals surface area (Å²) in [5.41, 5.74) is -0.457. The molecule has 0 aliphatic carbocycles. The minimum Gasteiger partial charge on any atom is -0.380 e. The summed E-state index contributed by atoms with van der Waals surface area (Å²) in [5, 5.41) is 0. The highest BCUT2D eigenvalue weighted by Crippen LogP contribution is 2.22. The van der Waals surface area contributed by atoms with E-state index in [1.165, 1.54) is 17.1 Å². The lowest BCUT2D eigenvalue weighted by Gasteiger charge is -2.31. The van der Waals surface area contributed by atoms with E-state index >= 15 is 0 Å². The van der Waals surface area contributed by atoms with Crippen LogP contribution in [0.25, 0.3) is 0 Å². The van der Waals surface area contributed by atoms with Gasteiger partial charge in [0.2, 0.25) is 0 Å². The highest BCUT2D eigenvalue weighted by Gasteiger charge is 2.31. The Hall–Kier alpha value is -1.64. The second-order valence-corrected chi connectivity index (χ2v) is 7.11. The molecule has 0 N–H and O–H groups in total. The molecule has 0 aromatic rings. The van der Waals surface area contributed by atoms with Crippen LogP contribution >= 0.6 is 0 Å². The molecule has 1 heterocycles. The number of hydrogen-bond donors (Lipinski definition) is 0. The van der Waals surface area contributed by atoms with Gasteiger partial charge in [0.1, 0.15) is 6.61 Å². The van der Waals surface area contributed by atoms with Gasteiger partial charge in [-0.05, 0) is 0 Å². The van der Waals surface area contributed by atoms with Crippen molar-refractivity contribution in [3.05, 3.63) is 12.2 Å². The Kier molecular flexibility index (Phi) is 6.34. The SMILES string of the molecule is C#CCOCC(C)(C)COCC(C)(C)CN1C(=O)C=CC1=O. The molecule has 1 aliphatic rings. The van der Waals surface area contributed by atoms with E-state index in [2.05, 4.69) is 5.92 Å². The second-order valence-electron chi connectivity index (χ2n) is 7.11. The summed E-state index contributed by atoms with van der Waals surface area (Å²) in [6, 6.07) is 0. The number of hydrogen-bond acceptors (Lipinski definition) is 4. The Morgan fingerprint density at radius 1 is 1.00 bits per heavy atom. The van der Waals surface area contributed by atoms with E-state index in [9.17, 15) is 9.59 Å². The molecule has 22 heavy (non-hydrogen) atoms. The number of imide groups is 1. The van der Waals surface area contributed by atoms with Gasteiger partial charge in [0.15, 0.2) is 0 Å². The summed E-state index contributed by atoms with van der Waals surface area (Å²) in [6.07, 6.45) is 7.74. The maximum absolute atomic E-state index is 11.6. The fourth-order valence-corrected chi connectivity index (χ4v) is 2.09. The molecule has 0 fully saturated rings. The minimum absolute atomic E-state index is 0.145. The van der Waals surface area contributed by atoms with Crippen LogP contribution < -0.4 is 0 Å². The van der Waals surface area contributed by atoms with Gasteiger partial charge in [-0.3, -0.25) is 14.5 Å². The average Bonchev–Trinajstić information content (AvgIpc) is 2.70. The van der Waals surface area contributed by atoms with Crippen molar-refractivity contribution in [2.45, 2.75) is 27.7 Å². The second kappa shape index (κ2) is 7.57. The first-order valence-corrected chi connectivity index (χ1v) is 7.29. The molecular formula is C17H25NO4. The fourth-order valence-electron chi connectivity index (χ4n) is 2.09. The maximum Gasteiger partial charge on any atom is 0.253 e. The Bertz CT molecular complexity index is 467. The molecule has 0 bridgehead atoms. The van der Waals surface area contributed by atoms with E-state index in [4.69, 9.17) is 15.9 Å². The first-order valence-electron chi connectivity index (χ1n) is 7.29. The summed E-state index contributed by atoms with van der Waals surface area (Å²) < 4.78 is 11.1. The molecule has 5 heteroatoms. The number of amides is 2. The van der Waals surface area contributed by atoms with Crippen LogP contribution in [0.5, 0.6) is 0 Å². The molecule has 5 nitrogen and oxygen atoms in total. The van der Waals surface area contributed by atoms with Gasteiger partial charge in [0, 0.05) is 29.5 Å². The van der Waals surface area contributed by atoms with Gasteiger partial charge < -0.3 is 9.47 Å². The van der Waals surface area contributed by atoms with Crippen LogP contribution in [0.1, 0.15) is 27.7 Å². The summed E-state index contributed by atoms with van der Waals surface area (Å²) in [6.45, 7) is 10.1. The molecule has 0 radical (unpaired) electrons. The number of carbonyl (C=O) groups excluding carboxylic acids is 2. The van der Waals surface area contributed by atoms with Gasteiger partial charge in [-0.15, -0.1) is 6.42 Å². The highest BCUT2D eigenvalue weighted by atomic mass is 16.5. The normalized spacial score (nSPS) is 15.5. The van der Waals surface area contributed by atoms with Crippen molar-refractivity contribution in [3.63, 3.8) is 0 Å². The van der Waals surface area contributed by atoms with Crippen LogP contribution in [-0.4, -0.2) is 49.7 Å². The van der Waals surface area contributed by atoms with Crippen molar-refractivity contribution in [1.29, 1.82) is 0 Å². The van der Waals surface area contributed by atoms with Crippen LogP contribution in [0.2, 0.25) is 0 Å². The molecule has 0 unspecified atom stereocenters. The fraction of sp³-hybridized carbons (Fsp3) is 0.647. The van der Waals surface area contributed by atoms with Gasteiger partial charge in [0.25, 0.3) is 11.8 Å². The summed E-state index contributed by atoms with van der Waals surface area (Å²) in [4.78, 5) is 24.4. The third-order valence-electron chi connectivity index (χ3n) is 3.15. The molecule has 1 rings (SSSR count). The highest BCUT2D eigenvalue weighted by molar-refractivity contribution is 6.12. The van der Waals surface area contributed by atoms with Crippen LogP contribution in [0, 0.1) is 23.2 Å². The molecule has 0 saturated carbocycles. The lowest BCUT2D eigenvalue weighted by molar-refractivity contribution is -0.139. The molecule has 1 aliphatic heterocycles. The smallest absolute Gasteiger partial charge is 0.253 e. The summed E-state index contributed by atoms with van der Waals surface area (Å²) >= 11 is 0. The van der Waals surface area contributed by atoms with Gasteiger partial charge in [0.05, 0.1) is 19.8 Å². The standard InChI is InChI=1S/C17H25NO4/c1-6-9-21-12-17(4,5)13-22-11-16(2,3)10-18-14(19)7-8-15(18)20/h1,7-8H,9-13H2,2-5H3. The van der Waals surface area contributed by atoms with Crippen molar-refractivity contribution < 1.29 is 19.1 Å². The number of terminal acetylenes is 1. The maximum atomic E-state index is 11.6. The van der Waals surface area contributed by atoms with E-state index < -0.39 is 0 Å². The Balaban J connectivity index is 2.38. The number of nitrogens with zero attached hydrogens (tertiary/aromatic N) is 1. The van der Waals surface area contributed by atoms with E-state index in [1.54, 1.807) is 0 Å². The van der Waals surface area contributed by atoms with Gasteiger partial charge in [-0.2, -0.15) is 0 Å².